The van der Waals surface area contributed by atoms with Crippen LogP contribution in [0.25, 0.3) is 0 Å². The standard InChI is InChI=1S/C23H34F3N5O3/c1-15(2)22(7-6-16(13-22)34-20(33)29-21(3,4)5)19(32)31-10-8-30(9-11-31)18-12-17(23(24,25)26)27-14-28-18/h12,14-16H,6-11,13H2,1-5H3,(H,29,33)/t16-,22+/m1/s1. The van der Waals surface area contributed by atoms with Gasteiger partial charge < -0.3 is 19.9 Å². The van der Waals surface area contributed by atoms with Gasteiger partial charge in [0.1, 0.15) is 23.9 Å². The van der Waals surface area contributed by atoms with Crippen molar-refractivity contribution in [1.29, 1.82) is 0 Å². The highest BCUT2D eigenvalue weighted by Crippen LogP contribution is 2.47. The summed E-state index contributed by atoms with van der Waals surface area (Å²) >= 11 is 0. The number of nitrogens with zero attached hydrogens (tertiary/aromatic N) is 4. The second kappa shape index (κ2) is 9.58. The molecule has 0 spiro atoms. The Morgan fingerprint density at radius 3 is 2.35 bits per heavy atom. The van der Waals surface area contributed by atoms with Crippen molar-refractivity contribution in [3.63, 3.8) is 0 Å². The summed E-state index contributed by atoms with van der Waals surface area (Å²) in [4.78, 5) is 36.6. The number of anilines is 1. The summed E-state index contributed by atoms with van der Waals surface area (Å²) in [6.45, 7) is 11.1. The number of piperazine rings is 1. The lowest BCUT2D eigenvalue weighted by Crippen LogP contribution is -2.54. The van der Waals surface area contributed by atoms with E-state index >= 15 is 0 Å². The molecule has 8 nitrogen and oxygen atoms in total. The summed E-state index contributed by atoms with van der Waals surface area (Å²) in [6, 6.07) is 0.939. The topological polar surface area (TPSA) is 87.7 Å². The van der Waals surface area contributed by atoms with E-state index in [1.807, 2.05) is 34.6 Å². The highest BCUT2D eigenvalue weighted by molar-refractivity contribution is 5.84. The van der Waals surface area contributed by atoms with Crippen molar-refractivity contribution in [1.82, 2.24) is 20.2 Å². The van der Waals surface area contributed by atoms with E-state index in [0.717, 1.165) is 12.4 Å². The van der Waals surface area contributed by atoms with Crippen LogP contribution >= 0.6 is 0 Å². The molecule has 34 heavy (non-hydrogen) atoms. The first-order chi connectivity index (χ1) is 15.7. The number of hydrogen-bond donors (Lipinski definition) is 1. The monoisotopic (exact) mass is 485 g/mol. The number of amides is 2. The molecule has 1 saturated heterocycles. The fourth-order valence-electron chi connectivity index (χ4n) is 4.71. The third-order valence-corrected chi connectivity index (χ3v) is 6.62. The molecule has 2 fully saturated rings. The first-order valence-corrected chi connectivity index (χ1v) is 11.6. The van der Waals surface area contributed by atoms with E-state index in [-0.39, 0.29) is 23.7 Å². The molecule has 2 atom stereocenters. The summed E-state index contributed by atoms with van der Waals surface area (Å²) in [5.74, 6) is 0.267. The summed E-state index contributed by atoms with van der Waals surface area (Å²) in [6.07, 6.45) is -2.75. The Morgan fingerprint density at radius 2 is 1.79 bits per heavy atom. The highest BCUT2D eigenvalue weighted by Gasteiger charge is 2.50. The predicted molar refractivity (Wildman–Crippen MR) is 120 cm³/mol. The maximum Gasteiger partial charge on any atom is 0.433 e. The number of ether oxygens (including phenoxy) is 1. The molecule has 1 aliphatic carbocycles. The van der Waals surface area contributed by atoms with Gasteiger partial charge in [-0.05, 0) is 46.0 Å². The molecule has 3 rings (SSSR count). The number of alkyl carbamates (subject to hydrolysis) is 1. The number of carbonyl (C=O) groups excluding carboxylic acids is 2. The molecule has 11 heteroatoms. The van der Waals surface area contributed by atoms with Crippen LogP contribution in [0.4, 0.5) is 23.8 Å². The molecule has 2 heterocycles. The minimum absolute atomic E-state index is 0.0168. The molecule has 2 amide bonds. The molecule has 0 unspecified atom stereocenters. The number of aromatic nitrogens is 2. The molecule has 1 aromatic rings. The fraction of sp³-hybridized carbons (Fsp3) is 0.739. The normalized spacial score (nSPS) is 23.9. The Hall–Kier alpha value is -2.59. The van der Waals surface area contributed by atoms with Gasteiger partial charge in [0.05, 0.1) is 5.41 Å². The van der Waals surface area contributed by atoms with Crippen molar-refractivity contribution in [2.75, 3.05) is 31.1 Å². The molecule has 0 bridgehead atoms. The van der Waals surface area contributed by atoms with Gasteiger partial charge in [0.25, 0.3) is 0 Å². The van der Waals surface area contributed by atoms with Crippen LogP contribution in [0.1, 0.15) is 59.6 Å². The number of alkyl halides is 3. The van der Waals surface area contributed by atoms with E-state index in [1.165, 1.54) is 0 Å². The fourth-order valence-corrected chi connectivity index (χ4v) is 4.71. The summed E-state index contributed by atoms with van der Waals surface area (Å²) < 4.78 is 44.6. The van der Waals surface area contributed by atoms with Gasteiger partial charge in [0.15, 0.2) is 0 Å². The molecule has 0 aromatic carbocycles. The predicted octanol–water partition coefficient (Wildman–Crippen LogP) is 3.86. The van der Waals surface area contributed by atoms with Gasteiger partial charge in [-0.3, -0.25) is 4.79 Å². The molecule has 1 aromatic heterocycles. The number of halogens is 3. The lowest BCUT2D eigenvalue weighted by atomic mass is 9.74. The minimum atomic E-state index is -4.54. The zero-order chi connectivity index (χ0) is 25.3. The van der Waals surface area contributed by atoms with Crippen molar-refractivity contribution in [3.05, 3.63) is 18.1 Å². The van der Waals surface area contributed by atoms with Crippen LogP contribution < -0.4 is 10.2 Å². The number of hydrogen-bond acceptors (Lipinski definition) is 6. The molecule has 2 aliphatic rings. The first kappa shape index (κ1) is 26.0. The maximum absolute atomic E-state index is 13.6. The van der Waals surface area contributed by atoms with Crippen LogP contribution in [0.3, 0.4) is 0 Å². The molecule has 0 radical (unpaired) electrons. The summed E-state index contributed by atoms with van der Waals surface area (Å²) in [5, 5.41) is 2.79. The van der Waals surface area contributed by atoms with Crippen LogP contribution in [0.15, 0.2) is 12.4 Å². The van der Waals surface area contributed by atoms with Gasteiger partial charge in [0, 0.05) is 37.8 Å². The van der Waals surface area contributed by atoms with E-state index in [2.05, 4.69) is 15.3 Å². The summed E-state index contributed by atoms with van der Waals surface area (Å²) in [7, 11) is 0. The van der Waals surface area contributed by atoms with Crippen LogP contribution in [-0.2, 0) is 15.7 Å². The van der Waals surface area contributed by atoms with Crippen molar-refractivity contribution in [2.45, 2.75) is 71.7 Å². The van der Waals surface area contributed by atoms with Crippen LogP contribution in [0.5, 0.6) is 0 Å². The van der Waals surface area contributed by atoms with Crippen molar-refractivity contribution >= 4 is 17.8 Å². The van der Waals surface area contributed by atoms with Crippen LogP contribution in [0.2, 0.25) is 0 Å². The number of carbonyl (C=O) groups is 2. The highest BCUT2D eigenvalue weighted by atomic mass is 19.4. The maximum atomic E-state index is 13.6. The first-order valence-electron chi connectivity index (χ1n) is 11.6. The molecule has 1 N–H and O–H groups in total. The third kappa shape index (κ3) is 5.90. The smallest absolute Gasteiger partial charge is 0.433 e. The quantitative estimate of drug-likeness (QED) is 0.697. The zero-order valence-corrected chi connectivity index (χ0v) is 20.4. The van der Waals surface area contributed by atoms with E-state index in [4.69, 9.17) is 4.74 Å². The molecule has 190 valence electrons. The van der Waals surface area contributed by atoms with Gasteiger partial charge in [-0.15, -0.1) is 0 Å². The average molecular weight is 486 g/mol. The van der Waals surface area contributed by atoms with Gasteiger partial charge in [-0.1, -0.05) is 13.8 Å². The number of rotatable bonds is 4. The zero-order valence-electron chi connectivity index (χ0n) is 20.4. The second-order valence-corrected chi connectivity index (χ2v) is 10.5. The van der Waals surface area contributed by atoms with Gasteiger partial charge in [-0.25, -0.2) is 14.8 Å². The Morgan fingerprint density at radius 1 is 1.15 bits per heavy atom. The molecule has 1 saturated carbocycles. The van der Waals surface area contributed by atoms with Gasteiger partial charge in [0.2, 0.25) is 5.91 Å². The SMILES string of the molecule is CC(C)[C@]1(C(=O)N2CCN(c3cc(C(F)(F)F)ncn3)CC2)CC[C@@H](OC(=O)NC(C)(C)C)C1. The van der Waals surface area contributed by atoms with Gasteiger partial charge in [-0.2, -0.15) is 13.2 Å². The Balaban J connectivity index is 1.63. The lowest BCUT2D eigenvalue weighted by molar-refractivity contribution is -0.145. The van der Waals surface area contributed by atoms with E-state index < -0.39 is 28.9 Å². The average Bonchev–Trinajstić information content (AvgIpc) is 3.16. The number of nitrogens with one attached hydrogen (secondary N) is 1. The van der Waals surface area contributed by atoms with E-state index in [1.54, 1.807) is 9.80 Å². The Labute approximate surface area is 198 Å². The largest absolute Gasteiger partial charge is 0.446 e. The Kier molecular flexibility index (Phi) is 7.33. The second-order valence-electron chi connectivity index (χ2n) is 10.5. The van der Waals surface area contributed by atoms with Crippen molar-refractivity contribution in [3.8, 4) is 0 Å². The van der Waals surface area contributed by atoms with Crippen molar-refractivity contribution in [2.24, 2.45) is 11.3 Å². The summed E-state index contributed by atoms with van der Waals surface area (Å²) in [5.41, 5.74) is -2.03. The van der Waals surface area contributed by atoms with E-state index in [0.29, 0.717) is 45.4 Å². The third-order valence-electron chi connectivity index (χ3n) is 6.62. The lowest BCUT2D eigenvalue weighted by Gasteiger charge is -2.41. The van der Waals surface area contributed by atoms with E-state index in [9.17, 15) is 22.8 Å². The van der Waals surface area contributed by atoms with Crippen LogP contribution in [0, 0.1) is 11.3 Å². The van der Waals surface area contributed by atoms with Crippen molar-refractivity contribution < 1.29 is 27.5 Å². The minimum Gasteiger partial charge on any atom is -0.446 e. The van der Waals surface area contributed by atoms with Gasteiger partial charge >= 0.3 is 12.3 Å². The Bertz CT molecular complexity index is 895. The van der Waals surface area contributed by atoms with Crippen LogP contribution in [-0.4, -0.2) is 64.7 Å². The molecule has 1 aliphatic heterocycles. The molecular formula is C23H34F3N5O3. The molecular weight excluding hydrogens is 451 g/mol.